The Balaban J connectivity index is 1.96. The Kier molecular flexibility index (Phi) is 6.10. The van der Waals surface area contributed by atoms with Gasteiger partial charge in [-0.05, 0) is 37.0 Å². The summed E-state index contributed by atoms with van der Waals surface area (Å²) in [5.41, 5.74) is 1.17. The number of halogens is 3. The summed E-state index contributed by atoms with van der Waals surface area (Å²) in [4.78, 5) is 13.6. The molecule has 1 heterocycles. The first-order valence-corrected chi connectivity index (χ1v) is 9.85. The lowest BCUT2D eigenvalue weighted by Crippen LogP contribution is -2.44. The second-order valence-corrected chi connectivity index (χ2v) is 8.08. The summed E-state index contributed by atoms with van der Waals surface area (Å²) in [5.74, 6) is -1.87. The molecule has 1 atom stereocenters. The Bertz CT molecular complexity index is 702. The third-order valence-electron chi connectivity index (χ3n) is 4.15. The zero-order chi connectivity index (χ0) is 18.7. The van der Waals surface area contributed by atoms with Gasteiger partial charge in [0.2, 0.25) is 10.0 Å². The van der Waals surface area contributed by atoms with E-state index in [1.807, 2.05) is 0 Å². The summed E-state index contributed by atoms with van der Waals surface area (Å²) in [6, 6.07) is 6.50. The molecule has 0 aliphatic carbocycles. The first-order valence-electron chi connectivity index (χ1n) is 7.96. The molecule has 0 bridgehead atoms. The number of nitrogens with one attached hydrogen (secondary N) is 1. The van der Waals surface area contributed by atoms with Crippen LogP contribution in [0.25, 0.3) is 0 Å². The topological polar surface area (TPSA) is 66.5 Å². The van der Waals surface area contributed by atoms with Crippen LogP contribution >= 0.6 is 0 Å². The summed E-state index contributed by atoms with van der Waals surface area (Å²) >= 11 is 0. The van der Waals surface area contributed by atoms with Crippen molar-refractivity contribution < 1.29 is 26.4 Å². The number of rotatable bonds is 5. The van der Waals surface area contributed by atoms with E-state index in [-0.39, 0.29) is 19.5 Å². The van der Waals surface area contributed by atoms with Gasteiger partial charge in [-0.1, -0.05) is 12.1 Å². The molecular weight excluding hydrogens is 357 g/mol. The van der Waals surface area contributed by atoms with Crippen LogP contribution in [0.4, 0.5) is 13.2 Å². The van der Waals surface area contributed by atoms with E-state index in [1.54, 1.807) is 24.3 Å². The van der Waals surface area contributed by atoms with Crippen LogP contribution < -0.4 is 4.72 Å². The van der Waals surface area contributed by atoms with Crippen molar-refractivity contribution in [2.45, 2.75) is 25.4 Å². The first kappa shape index (κ1) is 19.7. The second kappa shape index (κ2) is 7.74. The fraction of sp³-hybridized carbons (Fsp3) is 0.562. The number of carbonyl (C=O) groups excluding carboxylic acids is 1. The highest BCUT2D eigenvalue weighted by Gasteiger charge is 2.42. The second-order valence-electron chi connectivity index (χ2n) is 6.25. The number of likely N-dealkylation sites (tertiary alicyclic amines) is 1. The summed E-state index contributed by atoms with van der Waals surface area (Å²) in [7, 11) is -3.25. The van der Waals surface area contributed by atoms with Crippen LogP contribution in [0, 0.1) is 5.92 Å². The lowest BCUT2D eigenvalue weighted by Gasteiger charge is -2.33. The fourth-order valence-electron chi connectivity index (χ4n) is 2.81. The third kappa shape index (κ3) is 6.00. The van der Waals surface area contributed by atoms with E-state index >= 15 is 0 Å². The maximum Gasteiger partial charge on any atom is 0.393 e. The largest absolute Gasteiger partial charge is 0.393 e. The zero-order valence-electron chi connectivity index (χ0n) is 13.8. The molecule has 140 valence electrons. The molecule has 9 heteroatoms. The molecule has 1 amide bonds. The standard InChI is InChI=1S/C16H21F3N2O3S/c1-25(23,24)20-9-8-12-4-6-13(7-5-12)15(22)21-10-2-3-14(11-21)16(17,18)19/h4-7,14,20H,2-3,8-11H2,1H3. The number of amides is 1. The van der Waals surface area contributed by atoms with Gasteiger partial charge in [0, 0.05) is 25.2 Å². The van der Waals surface area contributed by atoms with Crippen molar-refractivity contribution >= 4 is 15.9 Å². The predicted octanol–water partition coefficient (Wildman–Crippen LogP) is 2.19. The predicted molar refractivity (Wildman–Crippen MR) is 87.7 cm³/mol. The lowest BCUT2D eigenvalue weighted by molar-refractivity contribution is -0.184. The first-order chi connectivity index (χ1) is 11.6. The normalized spacial score (nSPS) is 19.0. The maximum atomic E-state index is 12.8. The van der Waals surface area contributed by atoms with Gasteiger partial charge in [-0.2, -0.15) is 13.2 Å². The molecule has 0 spiro atoms. The lowest BCUT2D eigenvalue weighted by atomic mass is 9.96. The van der Waals surface area contributed by atoms with E-state index in [0.29, 0.717) is 24.9 Å². The van der Waals surface area contributed by atoms with Gasteiger partial charge < -0.3 is 4.90 Å². The van der Waals surface area contributed by atoms with Crippen molar-refractivity contribution in [2.24, 2.45) is 5.92 Å². The smallest absolute Gasteiger partial charge is 0.338 e. The Labute approximate surface area is 145 Å². The molecular formula is C16H21F3N2O3S. The van der Waals surface area contributed by atoms with Crippen LogP contribution in [0.15, 0.2) is 24.3 Å². The maximum absolute atomic E-state index is 12.8. The summed E-state index contributed by atoms with van der Waals surface area (Å²) < 4.78 is 62.9. The van der Waals surface area contributed by atoms with Crippen LogP contribution in [0.2, 0.25) is 0 Å². The monoisotopic (exact) mass is 378 g/mol. The molecule has 5 nitrogen and oxygen atoms in total. The van der Waals surface area contributed by atoms with Crippen LogP contribution in [0.5, 0.6) is 0 Å². The number of hydrogen-bond acceptors (Lipinski definition) is 3. The minimum absolute atomic E-state index is 0.0551. The SMILES string of the molecule is CS(=O)(=O)NCCc1ccc(C(=O)N2CCCC(C(F)(F)F)C2)cc1. The number of piperidine rings is 1. The molecule has 25 heavy (non-hydrogen) atoms. The minimum Gasteiger partial charge on any atom is -0.338 e. The van der Waals surface area contributed by atoms with Gasteiger partial charge in [-0.3, -0.25) is 4.79 Å². The van der Waals surface area contributed by atoms with Crippen molar-refractivity contribution in [1.29, 1.82) is 0 Å². The summed E-state index contributed by atoms with van der Waals surface area (Å²) in [5, 5.41) is 0. The van der Waals surface area contributed by atoms with E-state index < -0.39 is 28.0 Å². The van der Waals surface area contributed by atoms with E-state index in [1.165, 1.54) is 4.90 Å². The molecule has 0 radical (unpaired) electrons. The Morgan fingerprint density at radius 3 is 2.48 bits per heavy atom. The molecule has 1 aliphatic rings. The summed E-state index contributed by atoms with van der Waals surface area (Å²) in [6.07, 6.45) is -2.36. The number of alkyl halides is 3. The van der Waals surface area contributed by atoms with Crippen LogP contribution in [0.1, 0.15) is 28.8 Å². The van der Waals surface area contributed by atoms with Gasteiger partial charge in [0.15, 0.2) is 0 Å². The Morgan fingerprint density at radius 2 is 1.92 bits per heavy atom. The average molecular weight is 378 g/mol. The van der Waals surface area contributed by atoms with Gasteiger partial charge in [-0.25, -0.2) is 13.1 Å². The van der Waals surface area contributed by atoms with Crippen molar-refractivity contribution in [1.82, 2.24) is 9.62 Å². The Morgan fingerprint density at radius 1 is 1.28 bits per heavy atom. The molecule has 1 aliphatic heterocycles. The van der Waals surface area contributed by atoms with Crippen molar-refractivity contribution in [3.8, 4) is 0 Å². The van der Waals surface area contributed by atoms with Gasteiger partial charge >= 0.3 is 6.18 Å². The van der Waals surface area contributed by atoms with E-state index in [4.69, 9.17) is 0 Å². The molecule has 1 unspecified atom stereocenters. The minimum atomic E-state index is -4.28. The van der Waals surface area contributed by atoms with Crippen LogP contribution in [0.3, 0.4) is 0 Å². The zero-order valence-corrected chi connectivity index (χ0v) is 14.7. The van der Waals surface area contributed by atoms with Gasteiger partial charge in [0.05, 0.1) is 12.2 Å². The molecule has 0 aromatic heterocycles. The van der Waals surface area contributed by atoms with Gasteiger partial charge in [-0.15, -0.1) is 0 Å². The summed E-state index contributed by atoms with van der Waals surface area (Å²) in [6.45, 7) is 0.263. The van der Waals surface area contributed by atoms with E-state index in [2.05, 4.69) is 4.72 Å². The number of nitrogens with zero attached hydrogens (tertiary/aromatic N) is 1. The number of hydrogen-bond donors (Lipinski definition) is 1. The van der Waals surface area contributed by atoms with Crippen LogP contribution in [-0.2, 0) is 16.4 Å². The highest BCUT2D eigenvalue weighted by atomic mass is 32.2. The molecule has 1 saturated heterocycles. The van der Waals surface area contributed by atoms with Crippen molar-refractivity contribution in [3.63, 3.8) is 0 Å². The van der Waals surface area contributed by atoms with Crippen molar-refractivity contribution in [3.05, 3.63) is 35.4 Å². The number of carbonyl (C=O) groups is 1. The average Bonchev–Trinajstić information content (AvgIpc) is 2.53. The molecule has 1 aromatic rings. The molecule has 0 saturated carbocycles. The molecule has 1 N–H and O–H groups in total. The van der Waals surface area contributed by atoms with E-state index in [0.717, 1.165) is 11.8 Å². The van der Waals surface area contributed by atoms with E-state index in [9.17, 15) is 26.4 Å². The van der Waals surface area contributed by atoms with Crippen LogP contribution in [-0.4, -0.2) is 51.3 Å². The highest BCUT2D eigenvalue weighted by Crippen LogP contribution is 2.33. The quantitative estimate of drug-likeness (QED) is 0.854. The van der Waals surface area contributed by atoms with Gasteiger partial charge in [0.25, 0.3) is 5.91 Å². The fourth-order valence-corrected chi connectivity index (χ4v) is 3.28. The highest BCUT2D eigenvalue weighted by molar-refractivity contribution is 7.88. The molecule has 2 rings (SSSR count). The number of benzene rings is 1. The molecule has 1 aromatic carbocycles. The van der Waals surface area contributed by atoms with Gasteiger partial charge in [0.1, 0.15) is 0 Å². The Hall–Kier alpha value is -1.61. The van der Waals surface area contributed by atoms with Crippen molar-refractivity contribution in [2.75, 3.05) is 25.9 Å². The third-order valence-corrected chi connectivity index (χ3v) is 4.88. The molecule has 1 fully saturated rings. The number of sulfonamides is 1.